The molecule has 0 spiro atoms. The van der Waals surface area contributed by atoms with Crippen LogP contribution < -0.4 is 0 Å². The van der Waals surface area contributed by atoms with Crippen LogP contribution in [0.15, 0.2) is 0 Å². The lowest BCUT2D eigenvalue weighted by atomic mass is 10.00. The molecule has 0 saturated carbocycles. The Morgan fingerprint density at radius 3 is 2.64 bits per heavy atom. The molecule has 2 heterocycles. The zero-order chi connectivity index (χ0) is 9.97. The highest BCUT2D eigenvalue weighted by Crippen LogP contribution is 2.21. The van der Waals surface area contributed by atoms with E-state index in [1.807, 2.05) is 11.8 Å². The summed E-state index contributed by atoms with van der Waals surface area (Å²) in [6.07, 6.45) is 2.71. The molecular formula is C10H18N2S2. The van der Waals surface area contributed by atoms with Crippen LogP contribution in [0.25, 0.3) is 0 Å². The first-order valence-corrected chi connectivity index (χ1v) is 6.79. The Bertz CT molecular complexity index is 212. The zero-order valence-electron chi connectivity index (χ0n) is 8.74. The van der Waals surface area contributed by atoms with Crippen LogP contribution in [-0.4, -0.2) is 46.2 Å². The van der Waals surface area contributed by atoms with Crippen molar-refractivity contribution in [3.05, 3.63) is 0 Å². The second kappa shape index (κ2) is 4.81. The van der Waals surface area contributed by atoms with Crippen LogP contribution in [0.2, 0.25) is 0 Å². The Labute approximate surface area is 96.0 Å². The van der Waals surface area contributed by atoms with Gasteiger partial charge in [-0.25, -0.2) is 0 Å². The Morgan fingerprint density at radius 1 is 1.36 bits per heavy atom. The molecular weight excluding hydrogens is 212 g/mol. The molecule has 2 rings (SSSR count). The van der Waals surface area contributed by atoms with E-state index in [-0.39, 0.29) is 0 Å². The molecule has 0 amide bonds. The summed E-state index contributed by atoms with van der Waals surface area (Å²) >= 11 is 7.12. The van der Waals surface area contributed by atoms with Gasteiger partial charge in [-0.05, 0) is 18.8 Å². The van der Waals surface area contributed by atoms with Gasteiger partial charge in [0.05, 0.1) is 6.67 Å². The maximum atomic E-state index is 5.29. The maximum Gasteiger partial charge on any atom is 0.137 e. The first-order valence-electron chi connectivity index (χ1n) is 5.40. The second-order valence-corrected chi connectivity index (χ2v) is 6.05. The zero-order valence-corrected chi connectivity index (χ0v) is 10.4. The summed E-state index contributed by atoms with van der Waals surface area (Å²) in [6.45, 7) is 7.08. The molecule has 0 aliphatic carbocycles. The highest BCUT2D eigenvalue weighted by atomic mass is 32.2. The quantitative estimate of drug-likeness (QED) is 0.669. The van der Waals surface area contributed by atoms with Crippen LogP contribution in [0.3, 0.4) is 0 Å². The Balaban J connectivity index is 1.77. The molecule has 4 heteroatoms. The molecule has 14 heavy (non-hydrogen) atoms. The molecule has 2 nitrogen and oxygen atoms in total. The van der Waals surface area contributed by atoms with Crippen molar-refractivity contribution in [1.29, 1.82) is 0 Å². The van der Waals surface area contributed by atoms with Gasteiger partial charge in [0.15, 0.2) is 0 Å². The van der Waals surface area contributed by atoms with Crippen LogP contribution in [0.1, 0.15) is 19.8 Å². The topological polar surface area (TPSA) is 6.48 Å². The molecule has 0 aromatic carbocycles. The number of rotatable bonds is 2. The van der Waals surface area contributed by atoms with Gasteiger partial charge in [0, 0.05) is 25.4 Å². The fourth-order valence-electron chi connectivity index (χ4n) is 2.00. The van der Waals surface area contributed by atoms with Gasteiger partial charge in [0.1, 0.15) is 4.32 Å². The van der Waals surface area contributed by atoms with Crippen LogP contribution in [0.5, 0.6) is 0 Å². The van der Waals surface area contributed by atoms with Crippen LogP contribution in [0.4, 0.5) is 0 Å². The number of thioether (sulfide) groups is 1. The van der Waals surface area contributed by atoms with Gasteiger partial charge in [0.25, 0.3) is 0 Å². The van der Waals surface area contributed by atoms with Gasteiger partial charge in [-0.3, -0.25) is 4.90 Å². The minimum Gasteiger partial charge on any atom is -0.344 e. The normalized spacial score (nSPS) is 26.1. The van der Waals surface area contributed by atoms with Gasteiger partial charge in [-0.2, -0.15) is 0 Å². The highest BCUT2D eigenvalue weighted by Gasteiger charge is 2.22. The molecule has 0 radical (unpaired) electrons. The molecule has 2 saturated heterocycles. The van der Waals surface area contributed by atoms with E-state index in [1.54, 1.807) is 0 Å². The largest absolute Gasteiger partial charge is 0.344 e. The van der Waals surface area contributed by atoms with E-state index in [1.165, 1.54) is 31.7 Å². The van der Waals surface area contributed by atoms with Crippen molar-refractivity contribution in [2.45, 2.75) is 19.8 Å². The van der Waals surface area contributed by atoms with Crippen molar-refractivity contribution >= 4 is 28.3 Å². The van der Waals surface area contributed by atoms with E-state index < -0.39 is 0 Å². The number of likely N-dealkylation sites (tertiary alicyclic amines) is 1. The number of thiocarbonyl (C=S) groups is 1. The third kappa shape index (κ3) is 2.61. The molecule has 0 aromatic heterocycles. The fourth-order valence-corrected chi connectivity index (χ4v) is 3.22. The average molecular weight is 230 g/mol. The van der Waals surface area contributed by atoms with Gasteiger partial charge in [-0.15, -0.1) is 0 Å². The van der Waals surface area contributed by atoms with Gasteiger partial charge >= 0.3 is 0 Å². The average Bonchev–Trinajstić information content (AvgIpc) is 2.56. The van der Waals surface area contributed by atoms with Gasteiger partial charge in [0.2, 0.25) is 0 Å². The van der Waals surface area contributed by atoms with Gasteiger partial charge in [-0.1, -0.05) is 30.9 Å². The minimum absolute atomic E-state index is 0.922. The molecule has 80 valence electrons. The van der Waals surface area contributed by atoms with E-state index in [4.69, 9.17) is 12.2 Å². The highest BCUT2D eigenvalue weighted by molar-refractivity contribution is 8.23. The number of nitrogens with zero attached hydrogens (tertiary/aromatic N) is 2. The van der Waals surface area contributed by atoms with Crippen molar-refractivity contribution in [1.82, 2.24) is 9.80 Å². The predicted octanol–water partition coefficient (Wildman–Crippen LogP) is 2.01. The number of piperidine rings is 1. The van der Waals surface area contributed by atoms with Gasteiger partial charge < -0.3 is 4.90 Å². The maximum absolute atomic E-state index is 5.29. The summed E-state index contributed by atoms with van der Waals surface area (Å²) in [5.41, 5.74) is 0. The fraction of sp³-hybridized carbons (Fsp3) is 0.900. The van der Waals surface area contributed by atoms with Crippen molar-refractivity contribution in [2.24, 2.45) is 5.92 Å². The van der Waals surface area contributed by atoms with Crippen molar-refractivity contribution < 1.29 is 0 Å². The lowest BCUT2D eigenvalue weighted by Gasteiger charge is -2.33. The van der Waals surface area contributed by atoms with Crippen LogP contribution >= 0.6 is 24.0 Å². The monoisotopic (exact) mass is 230 g/mol. The van der Waals surface area contributed by atoms with E-state index in [0.717, 1.165) is 23.5 Å². The van der Waals surface area contributed by atoms with E-state index in [9.17, 15) is 0 Å². The Hall–Kier alpha value is 0.200. The van der Waals surface area contributed by atoms with Crippen molar-refractivity contribution in [2.75, 3.05) is 32.1 Å². The van der Waals surface area contributed by atoms with E-state index >= 15 is 0 Å². The first kappa shape index (κ1) is 10.7. The molecule has 0 atom stereocenters. The third-order valence-electron chi connectivity index (χ3n) is 3.09. The molecule has 0 N–H and O–H groups in total. The molecule has 2 aliphatic heterocycles. The summed E-state index contributed by atoms with van der Waals surface area (Å²) in [7, 11) is 0. The Morgan fingerprint density at radius 2 is 2.07 bits per heavy atom. The second-order valence-electron chi connectivity index (χ2n) is 4.32. The molecule has 0 bridgehead atoms. The molecule has 2 fully saturated rings. The van der Waals surface area contributed by atoms with E-state index in [0.29, 0.717) is 0 Å². The SMILES string of the molecule is CC1CCN(CN2CCSC2=S)CC1. The summed E-state index contributed by atoms with van der Waals surface area (Å²) in [5, 5.41) is 0. The van der Waals surface area contributed by atoms with Crippen LogP contribution in [-0.2, 0) is 0 Å². The minimum atomic E-state index is 0.922. The molecule has 0 aromatic rings. The first-order chi connectivity index (χ1) is 6.75. The van der Waals surface area contributed by atoms with Crippen molar-refractivity contribution in [3.8, 4) is 0 Å². The molecule has 2 aliphatic rings. The lowest BCUT2D eigenvalue weighted by Crippen LogP contribution is -2.42. The Kier molecular flexibility index (Phi) is 3.68. The summed E-state index contributed by atoms with van der Waals surface area (Å²) in [5.74, 6) is 2.11. The number of hydrogen-bond donors (Lipinski definition) is 0. The molecule has 0 unspecified atom stereocenters. The third-order valence-corrected chi connectivity index (χ3v) is 4.60. The van der Waals surface area contributed by atoms with E-state index in [2.05, 4.69) is 16.7 Å². The number of hydrogen-bond acceptors (Lipinski definition) is 3. The summed E-state index contributed by atoms with van der Waals surface area (Å²) in [6, 6.07) is 0. The predicted molar refractivity (Wildman–Crippen MR) is 66.6 cm³/mol. The summed E-state index contributed by atoms with van der Waals surface area (Å²) < 4.78 is 1.10. The van der Waals surface area contributed by atoms with Crippen LogP contribution in [0, 0.1) is 5.92 Å². The standard InChI is InChI=1S/C10H18N2S2/c1-9-2-4-11(5-3-9)8-12-6-7-14-10(12)13/h9H,2-8H2,1H3. The lowest BCUT2D eigenvalue weighted by molar-refractivity contribution is 0.144. The summed E-state index contributed by atoms with van der Waals surface area (Å²) in [4.78, 5) is 4.88. The smallest absolute Gasteiger partial charge is 0.137 e. The van der Waals surface area contributed by atoms with Crippen molar-refractivity contribution in [3.63, 3.8) is 0 Å².